The molecule has 158 valence electrons. The number of hydrogen-bond donors (Lipinski definition) is 1. The molecule has 0 radical (unpaired) electrons. The fraction of sp³-hybridized carbons (Fsp3) is 0.435. The van der Waals surface area contributed by atoms with Gasteiger partial charge in [0, 0.05) is 24.6 Å². The molecule has 29 heavy (non-hydrogen) atoms. The van der Waals surface area contributed by atoms with Crippen LogP contribution in [0.3, 0.4) is 0 Å². The summed E-state index contributed by atoms with van der Waals surface area (Å²) in [6.45, 7) is 7.75. The van der Waals surface area contributed by atoms with Crippen LogP contribution in [0, 0.1) is 0 Å². The second-order valence-electron chi connectivity index (χ2n) is 6.35. The molecular weight excluding hydrogens is 366 g/mol. The van der Waals surface area contributed by atoms with Gasteiger partial charge in [0.15, 0.2) is 0 Å². The Morgan fingerprint density at radius 1 is 1.07 bits per heavy atom. The third kappa shape index (κ3) is 4.71. The van der Waals surface area contributed by atoms with Crippen molar-refractivity contribution >= 4 is 10.9 Å². The number of hydrogen-bond acceptors (Lipinski definition) is 5. The molecule has 0 amide bonds. The van der Waals surface area contributed by atoms with E-state index in [1.807, 2.05) is 50.8 Å². The maximum atomic E-state index is 5.79. The highest BCUT2D eigenvalue weighted by atomic mass is 16.5. The van der Waals surface area contributed by atoms with E-state index in [1.54, 1.807) is 14.2 Å². The van der Waals surface area contributed by atoms with Gasteiger partial charge in [-0.3, -0.25) is 4.68 Å². The first-order chi connectivity index (χ1) is 14.1. The first-order valence-electron chi connectivity index (χ1n) is 10.1. The number of aromatic nitrogens is 2. The number of fused-ring (bicyclic) bond motifs is 1. The molecule has 0 saturated carbocycles. The van der Waals surface area contributed by atoms with E-state index in [9.17, 15) is 0 Å². The van der Waals surface area contributed by atoms with E-state index in [1.165, 1.54) is 5.56 Å². The van der Waals surface area contributed by atoms with Crippen LogP contribution in [0.1, 0.15) is 31.9 Å². The summed E-state index contributed by atoms with van der Waals surface area (Å²) >= 11 is 0. The zero-order valence-electron chi connectivity index (χ0n) is 18.4. The van der Waals surface area contributed by atoms with E-state index in [-0.39, 0.29) is 0 Å². The van der Waals surface area contributed by atoms with Gasteiger partial charge in [-0.15, -0.1) is 0 Å². The predicted octanol–water partition coefficient (Wildman–Crippen LogP) is 4.32. The molecule has 0 bridgehead atoms. The standard InChI is InChI=1S/C21H27N3O3.C2H6/c1-5-27-13-14-10-18(25-3)20(19(11-14)26-4)16-7-6-15(8-9-22)21-17(16)12-23-24(21)2;1-2/h6-7,10-12H,5,8-9,13,22H2,1-4H3;1-2H3. The Morgan fingerprint density at radius 3 is 2.28 bits per heavy atom. The van der Waals surface area contributed by atoms with E-state index in [2.05, 4.69) is 17.2 Å². The molecule has 0 fully saturated rings. The Hall–Kier alpha value is -2.57. The Labute approximate surface area is 173 Å². The molecule has 0 aliphatic carbocycles. The number of rotatable bonds is 8. The van der Waals surface area contributed by atoms with Gasteiger partial charge in [0.1, 0.15) is 11.5 Å². The minimum absolute atomic E-state index is 0.515. The Kier molecular flexibility index (Phi) is 8.49. The van der Waals surface area contributed by atoms with Crippen molar-refractivity contribution in [1.29, 1.82) is 0 Å². The largest absolute Gasteiger partial charge is 0.496 e. The Bertz CT molecular complexity index is 910. The molecule has 6 heteroatoms. The van der Waals surface area contributed by atoms with Crippen LogP contribution in [0.4, 0.5) is 0 Å². The van der Waals surface area contributed by atoms with Crippen molar-refractivity contribution in [3.05, 3.63) is 41.6 Å². The van der Waals surface area contributed by atoms with Gasteiger partial charge < -0.3 is 19.9 Å². The smallest absolute Gasteiger partial charge is 0.130 e. The fourth-order valence-corrected chi connectivity index (χ4v) is 3.48. The third-order valence-corrected chi connectivity index (χ3v) is 4.71. The summed E-state index contributed by atoms with van der Waals surface area (Å²) in [5.41, 5.74) is 11.0. The first-order valence-corrected chi connectivity index (χ1v) is 10.1. The maximum absolute atomic E-state index is 5.79. The minimum atomic E-state index is 0.515. The molecule has 3 aromatic rings. The molecule has 1 aromatic heterocycles. The lowest BCUT2D eigenvalue weighted by Gasteiger charge is -2.17. The Balaban J connectivity index is 0.00000145. The first kappa shape index (κ1) is 22.7. The number of nitrogens with two attached hydrogens (primary N) is 1. The molecular formula is C23H33N3O3. The molecule has 0 atom stereocenters. The molecule has 0 aliphatic rings. The lowest BCUT2D eigenvalue weighted by Crippen LogP contribution is -2.05. The SMILES string of the molecule is CC.CCOCc1cc(OC)c(-c2ccc(CCN)c3c2cnn3C)c(OC)c1. The van der Waals surface area contributed by atoms with E-state index < -0.39 is 0 Å². The molecule has 0 aliphatic heterocycles. The van der Waals surface area contributed by atoms with Gasteiger partial charge in [-0.1, -0.05) is 26.0 Å². The summed E-state index contributed by atoms with van der Waals surface area (Å²) < 4.78 is 18.9. The van der Waals surface area contributed by atoms with Crippen molar-refractivity contribution in [3.8, 4) is 22.6 Å². The van der Waals surface area contributed by atoms with Gasteiger partial charge in [-0.25, -0.2) is 0 Å². The minimum Gasteiger partial charge on any atom is -0.496 e. The van der Waals surface area contributed by atoms with Crippen LogP contribution in [0.2, 0.25) is 0 Å². The molecule has 2 aromatic carbocycles. The van der Waals surface area contributed by atoms with Gasteiger partial charge in [0.25, 0.3) is 0 Å². The van der Waals surface area contributed by atoms with Crippen LogP contribution >= 0.6 is 0 Å². The monoisotopic (exact) mass is 399 g/mol. The van der Waals surface area contributed by atoms with E-state index in [0.717, 1.165) is 45.5 Å². The van der Waals surface area contributed by atoms with Crippen LogP contribution in [0.15, 0.2) is 30.5 Å². The number of aryl methyl sites for hydroxylation is 1. The van der Waals surface area contributed by atoms with Crippen LogP contribution in [-0.4, -0.2) is 37.2 Å². The van der Waals surface area contributed by atoms with E-state index in [4.69, 9.17) is 19.9 Å². The lowest BCUT2D eigenvalue weighted by molar-refractivity contribution is 0.133. The number of methoxy groups -OCH3 is 2. The number of nitrogens with zero attached hydrogens (tertiary/aromatic N) is 2. The second kappa shape index (κ2) is 10.8. The van der Waals surface area contributed by atoms with E-state index in [0.29, 0.717) is 19.8 Å². The van der Waals surface area contributed by atoms with Crippen LogP contribution < -0.4 is 15.2 Å². The van der Waals surface area contributed by atoms with Crippen LogP contribution in [0.5, 0.6) is 11.5 Å². The number of ether oxygens (including phenoxy) is 3. The second-order valence-corrected chi connectivity index (χ2v) is 6.35. The van der Waals surface area contributed by atoms with Crippen molar-refractivity contribution < 1.29 is 14.2 Å². The molecule has 0 spiro atoms. The van der Waals surface area contributed by atoms with Gasteiger partial charge >= 0.3 is 0 Å². The normalized spacial score (nSPS) is 10.6. The zero-order chi connectivity index (χ0) is 21.4. The maximum Gasteiger partial charge on any atom is 0.130 e. The summed E-state index contributed by atoms with van der Waals surface area (Å²) in [5.74, 6) is 1.50. The summed E-state index contributed by atoms with van der Waals surface area (Å²) in [6.07, 6.45) is 2.69. The Morgan fingerprint density at radius 2 is 1.72 bits per heavy atom. The van der Waals surface area contributed by atoms with Crippen molar-refractivity contribution in [2.45, 2.75) is 33.8 Å². The fourth-order valence-electron chi connectivity index (χ4n) is 3.48. The van der Waals surface area contributed by atoms with Gasteiger partial charge in [-0.2, -0.15) is 5.10 Å². The molecule has 3 rings (SSSR count). The summed E-state index contributed by atoms with van der Waals surface area (Å²) in [4.78, 5) is 0. The van der Waals surface area contributed by atoms with Crippen molar-refractivity contribution in [2.24, 2.45) is 12.8 Å². The third-order valence-electron chi connectivity index (χ3n) is 4.71. The van der Waals surface area contributed by atoms with Crippen LogP contribution in [-0.2, 0) is 24.8 Å². The highest BCUT2D eigenvalue weighted by molar-refractivity contribution is 5.99. The summed E-state index contributed by atoms with van der Waals surface area (Å²) in [6, 6.07) is 8.21. The number of benzene rings is 2. The summed E-state index contributed by atoms with van der Waals surface area (Å²) in [7, 11) is 5.30. The average molecular weight is 400 g/mol. The highest BCUT2D eigenvalue weighted by Gasteiger charge is 2.19. The molecule has 0 saturated heterocycles. The van der Waals surface area contributed by atoms with Crippen LogP contribution in [0.25, 0.3) is 22.0 Å². The van der Waals surface area contributed by atoms with E-state index >= 15 is 0 Å². The molecule has 0 unspecified atom stereocenters. The highest BCUT2D eigenvalue weighted by Crippen LogP contribution is 2.43. The van der Waals surface area contributed by atoms with Gasteiger partial charge in [0.2, 0.25) is 0 Å². The molecule has 1 heterocycles. The molecule has 6 nitrogen and oxygen atoms in total. The van der Waals surface area contributed by atoms with Crippen molar-refractivity contribution in [3.63, 3.8) is 0 Å². The average Bonchev–Trinajstić information content (AvgIpc) is 3.15. The quantitative estimate of drug-likeness (QED) is 0.611. The lowest BCUT2D eigenvalue weighted by atomic mass is 9.95. The predicted molar refractivity (Wildman–Crippen MR) is 119 cm³/mol. The topological polar surface area (TPSA) is 71.5 Å². The van der Waals surface area contributed by atoms with Crippen molar-refractivity contribution in [2.75, 3.05) is 27.4 Å². The summed E-state index contributed by atoms with van der Waals surface area (Å²) in [5, 5.41) is 5.52. The van der Waals surface area contributed by atoms with Gasteiger partial charge in [0.05, 0.1) is 38.1 Å². The van der Waals surface area contributed by atoms with Crippen molar-refractivity contribution in [1.82, 2.24) is 9.78 Å². The molecule has 2 N–H and O–H groups in total. The van der Waals surface area contributed by atoms with Gasteiger partial charge in [-0.05, 0) is 43.1 Å². The zero-order valence-corrected chi connectivity index (χ0v) is 18.4.